The third-order valence-corrected chi connectivity index (χ3v) is 2.22. The molecule has 1 aromatic carbocycles. The molecular formula is C11H8BNO3. The van der Waals surface area contributed by atoms with Crippen molar-refractivity contribution >= 4 is 30.2 Å². The molecule has 4 nitrogen and oxygen atoms in total. The highest BCUT2D eigenvalue weighted by Gasteiger charge is 2.08. The van der Waals surface area contributed by atoms with E-state index >= 15 is 0 Å². The maximum atomic E-state index is 11.3. The van der Waals surface area contributed by atoms with E-state index in [0.29, 0.717) is 21.9 Å². The molecule has 0 saturated heterocycles. The molecule has 5 heteroatoms. The third-order valence-electron chi connectivity index (χ3n) is 2.22. The van der Waals surface area contributed by atoms with Crippen LogP contribution in [0.4, 0.5) is 0 Å². The van der Waals surface area contributed by atoms with Gasteiger partial charge in [-0.2, -0.15) is 0 Å². The maximum absolute atomic E-state index is 11.3. The van der Waals surface area contributed by atoms with Gasteiger partial charge in [0.25, 0.3) is 0 Å². The number of phenolic OH excluding ortho intramolecular Hbond substituents is 1. The second-order valence-corrected chi connectivity index (χ2v) is 3.32. The largest absolute Gasteiger partial charge is 0.508 e. The summed E-state index contributed by atoms with van der Waals surface area (Å²) < 4.78 is 4.57. The smallest absolute Gasteiger partial charge is 0.339 e. The molecule has 0 fully saturated rings. The van der Waals surface area contributed by atoms with Gasteiger partial charge < -0.3 is 9.84 Å². The summed E-state index contributed by atoms with van der Waals surface area (Å²) in [6.07, 6.45) is 1.39. The van der Waals surface area contributed by atoms with Crippen LogP contribution in [-0.4, -0.2) is 31.0 Å². The lowest BCUT2D eigenvalue weighted by Gasteiger charge is -2.05. The van der Waals surface area contributed by atoms with E-state index in [9.17, 15) is 9.90 Å². The number of aromatic nitrogens is 1. The number of aromatic hydroxyl groups is 1. The number of pyridine rings is 1. The summed E-state index contributed by atoms with van der Waals surface area (Å²) in [5.74, 6) is -0.440. The van der Waals surface area contributed by atoms with Crippen LogP contribution in [-0.2, 0) is 4.74 Å². The van der Waals surface area contributed by atoms with Gasteiger partial charge in [-0.1, -0.05) is 5.46 Å². The SMILES string of the molecule is [B]c1cc(O)cc2cc(C(=O)OC)cnc12. The van der Waals surface area contributed by atoms with E-state index in [2.05, 4.69) is 9.72 Å². The van der Waals surface area contributed by atoms with Crippen LogP contribution < -0.4 is 5.46 Å². The van der Waals surface area contributed by atoms with E-state index in [4.69, 9.17) is 7.85 Å². The molecule has 2 aromatic rings. The molecule has 78 valence electrons. The van der Waals surface area contributed by atoms with E-state index in [1.807, 2.05) is 0 Å². The first-order valence-corrected chi connectivity index (χ1v) is 4.58. The maximum Gasteiger partial charge on any atom is 0.339 e. The van der Waals surface area contributed by atoms with Gasteiger partial charge in [0.2, 0.25) is 0 Å². The molecule has 0 unspecified atom stereocenters. The highest BCUT2D eigenvalue weighted by molar-refractivity contribution is 6.38. The average molecular weight is 213 g/mol. The zero-order valence-electron chi connectivity index (χ0n) is 8.60. The van der Waals surface area contributed by atoms with Gasteiger partial charge in [0, 0.05) is 11.6 Å². The predicted molar refractivity (Wildman–Crippen MR) is 60.1 cm³/mol. The van der Waals surface area contributed by atoms with Crippen LogP contribution in [0.5, 0.6) is 5.75 Å². The predicted octanol–water partition coefficient (Wildman–Crippen LogP) is 0.521. The minimum absolute atomic E-state index is 0.0359. The molecule has 16 heavy (non-hydrogen) atoms. The number of methoxy groups -OCH3 is 1. The Morgan fingerprint density at radius 2 is 2.19 bits per heavy atom. The van der Waals surface area contributed by atoms with E-state index < -0.39 is 5.97 Å². The van der Waals surface area contributed by atoms with E-state index in [0.717, 1.165) is 0 Å². The van der Waals surface area contributed by atoms with Crippen molar-refractivity contribution < 1.29 is 14.6 Å². The van der Waals surface area contributed by atoms with Crippen LogP contribution in [0.2, 0.25) is 0 Å². The minimum atomic E-state index is -0.476. The summed E-state index contributed by atoms with van der Waals surface area (Å²) in [5.41, 5.74) is 1.23. The van der Waals surface area contributed by atoms with Crippen molar-refractivity contribution in [1.29, 1.82) is 0 Å². The monoisotopic (exact) mass is 213 g/mol. The fraction of sp³-hybridized carbons (Fsp3) is 0.0909. The number of hydrogen-bond acceptors (Lipinski definition) is 4. The number of rotatable bonds is 1. The minimum Gasteiger partial charge on any atom is -0.508 e. The number of carbonyl (C=O) groups is 1. The number of fused-ring (bicyclic) bond motifs is 1. The fourth-order valence-electron chi connectivity index (χ4n) is 1.49. The topological polar surface area (TPSA) is 59.4 Å². The zero-order chi connectivity index (χ0) is 11.7. The molecule has 2 radical (unpaired) electrons. The summed E-state index contributed by atoms with van der Waals surface area (Å²) in [6, 6.07) is 4.47. The van der Waals surface area contributed by atoms with Gasteiger partial charge in [-0.15, -0.1) is 0 Å². The molecule has 0 aliphatic rings. The van der Waals surface area contributed by atoms with Crippen molar-refractivity contribution in [2.75, 3.05) is 7.11 Å². The molecule has 2 rings (SSSR count). The summed E-state index contributed by atoms with van der Waals surface area (Å²) in [4.78, 5) is 15.3. The normalized spacial score (nSPS) is 10.3. The van der Waals surface area contributed by atoms with Crippen molar-refractivity contribution in [3.63, 3.8) is 0 Å². The van der Waals surface area contributed by atoms with Gasteiger partial charge in [-0.25, -0.2) is 4.79 Å². The lowest BCUT2D eigenvalue weighted by molar-refractivity contribution is 0.0600. The van der Waals surface area contributed by atoms with Gasteiger partial charge in [0.05, 0.1) is 18.2 Å². The van der Waals surface area contributed by atoms with Gasteiger partial charge in [-0.3, -0.25) is 4.98 Å². The Labute approximate surface area is 93.3 Å². The molecule has 0 aliphatic heterocycles. The standard InChI is InChI=1S/C11H8BNO3/c1-16-11(15)7-2-6-3-8(14)4-9(12)10(6)13-5-7/h2-5,14H,1H3. The van der Waals surface area contributed by atoms with Crippen LogP contribution in [0.3, 0.4) is 0 Å². The first-order chi connectivity index (χ1) is 7.61. The molecule has 1 aromatic heterocycles. The molecule has 0 aliphatic carbocycles. The Balaban J connectivity index is 2.66. The third kappa shape index (κ3) is 1.71. The van der Waals surface area contributed by atoms with Crippen molar-refractivity contribution in [1.82, 2.24) is 4.98 Å². The summed E-state index contributed by atoms with van der Waals surface area (Å²) >= 11 is 0. The molecule has 1 heterocycles. The second kappa shape index (κ2) is 3.85. The molecular weight excluding hydrogens is 205 g/mol. The first-order valence-electron chi connectivity index (χ1n) is 4.58. The highest BCUT2D eigenvalue weighted by atomic mass is 16.5. The lowest BCUT2D eigenvalue weighted by Crippen LogP contribution is -2.07. The van der Waals surface area contributed by atoms with Crippen molar-refractivity contribution in [3.05, 3.63) is 30.0 Å². The Bertz CT molecular complexity index is 568. The Morgan fingerprint density at radius 3 is 2.88 bits per heavy atom. The van der Waals surface area contributed by atoms with Crippen LogP contribution in [0.25, 0.3) is 10.9 Å². The van der Waals surface area contributed by atoms with Gasteiger partial charge in [0.1, 0.15) is 13.6 Å². The summed E-state index contributed by atoms with van der Waals surface area (Å²) in [7, 11) is 6.97. The van der Waals surface area contributed by atoms with E-state index in [-0.39, 0.29) is 5.75 Å². The van der Waals surface area contributed by atoms with Gasteiger partial charge in [0.15, 0.2) is 0 Å². The van der Waals surface area contributed by atoms with Crippen LogP contribution in [0.15, 0.2) is 24.4 Å². The van der Waals surface area contributed by atoms with Gasteiger partial charge in [-0.05, 0) is 18.2 Å². The van der Waals surface area contributed by atoms with Crippen molar-refractivity contribution in [2.45, 2.75) is 0 Å². The number of carbonyl (C=O) groups excluding carboxylic acids is 1. The van der Waals surface area contributed by atoms with Crippen molar-refractivity contribution in [3.8, 4) is 5.75 Å². The van der Waals surface area contributed by atoms with Crippen LogP contribution in [0.1, 0.15) is 10.4 Å². The zero-order valence-corrected chi connectivity index (χ0v) is 8.60. The quantitative estimate of drug-likeness (QED) is 0.554. The fourth-order valence-corrected chi connectivity index (χ4v) is 1.49. The number of esters is 1. The van der Waals surface area contributed by atoms with Crippen molar-refractivity contribution in [2.24, 2.45) is 0 Å². The number of benzene rings is 1. The number of nitrogens with zero attached hydrogens (tertiary/aromatic N) is 1. The van der Waals surface area contributed by atoms with E-state index in [1.54, 1.807) is 6.07 Å². The molecule has 0 atom stereocenters. The first kappa shape index (κ1) is 10.5. The number of ether oxygens (including phenoxy) is 1. The summed E-state index contributed by atoms with van der Waals surface area (Å²) in [5, 5.41) is 9.97. The Kier molecular flexibility index (Phi) is 2.52. The molecule has 0 saturated carbocycles. The number of phenols is 1. The Morgan fingerprint density at radius 1 is 1.44 bits per heavy atom. The molecule has 0 bridgehead atoms. The van der Waals surface area contributed by atoms with E-state index in [1.165, 1.54) is 25.4 Å². The Hall–Kier alpha value is -2.04. The average Bonchev–Trinajstić information content (AvgIpc) is 2.27. The molecule has 0 amide bonds. The molecule has 0 spiro atoms. The number of hydrogen-bond donors (Lipinski definition) is 1. The molecule has 1 N–H and O–H groups in total. The lowest BCUT2D eigenvalue weighted by atomic mass is 9.92. The van der Waals surface area contributed by atoms with Crippen LogP contribution in [0, 0.1) is 0 Å². The van der Waals surface area contributed by atoms with Crippen LogP contribution >= 0.6 is 0 Å². The summed E-state index contributed by atoms with van der Waals surface area (Å²) in [6.45, 7) is 0. The second-order valence-electron chi connectivity index (χ2n) is 3.32. The van der Waals surface area contributed by atoms with Gasteiger partial charge >= 0.3 is 5.97 Å². The highest BCUT2D eigenvalue weighted by Crippen LogP contribution is 2.17.